The molecule has 0 spiro atoms. The van der Waals surface area contributed by atoms with E-state index in [1.54, 1.807) is 24.5 Å². The maximum Gasteiger partial charge on any atom is 3.00 e. The van der Waals surface area contributed by atoms with E-state index >= 15 is 0 Å². The summed E-state index contributed by atoms with van der Waals surface area (Å²) in [7, 11) is 0. The van der Waals surface area contributed by atoms with Crippen LogP contribution in [0.25, 0.3) is 78.3 Å². The predicted octanol–water partition coefficient (Wildman–Crippen LogP) is 18.5. The first kappa shape index (κ1) is 55.0. The van der Waals surface area contributed by atoms with Crippen molar-refractivity contribution in [3.63, 3.8) is 0 Å². The Morgan fingerprint density at radius 2 is 0.802 bits per heavy atom. The molecule has 7 aromatic carbocycles. The third kappa shape index (κ3) is 11.4. The van der Waals surface area contributed by atoms with Crippen molar-refractivity contribution in [3.05, 3.63) is 257 Å². The van der Waals surface area contributed by atoms with E-state index < -0.39 is 71.6 Å². The molecule has 2 aliphatic rings. The van der Waals surface area contributed by atoms with E-state index in [0.29, 0.717) is 37.1 Å². The summed E-state index contributed by atoms with van der Waals surface area (Å²) in [6, 6.07) is 63.5. The molecule has 0 aliphatic heterocycles. The number of pyridine rings is 3. The number of aryl methyl sites for hydroxylation is 4. The van der Waals surface area contributed by atoms with Gasteiger partial charge in [-0.15, -0.1) is 83.4 Å². The summed E-state index contributed by atoms with van der Waals surface area (Å²) >= 11 is 0. The molecule has 0 saturated heterocycles. The minimum Gasteiger partial charge on any atom is -0.304 e. The fourth-order valence-electron chi connectivity index (χ4n) is 11.0. The second-order valence-corrected chi connectivity index (χ2v) is 20.7. The maximum atomic E-state index is 14.9. The second-order valence-electron chi connectivity index (χ2n) is 20.7. The molecule has 12 heteroatoms. The molecule has 3 aromatic heterocycles. The van der Waals surface area contributed by atoms with Crippen LogP contribution in [-0.4, -0.2) is 15.0 Å². The van der Waals surface area contributed by atoms with Crippen molar-refractivity contribution in [1.82, 2.24) is 15.0 Å². The molecule has 404 valence electrons. The van der Waals surface area contributed by atoms with Crippen molar-refractivity contribution >= 4 is 0 Å². The largest absolute Gasteiger partial charge is 3.00 e. The smallest absolute Gasteiger partial charge is 0.304 e. The molecule has 0 N–H and O–H groups in total. The molecule has 0 bridgehead atoms. The number of halogens is 8. The first-order chi connectivity index (χ1) is 38.6. The van der Waals surface area contributed by atoms with Crippen LogP contribution in [-0.2, 0) is 69.5 Å². The molecule has 0 atom stereocenters. The van der Waals surface area contributed by atoms with Gasteiger partial charge in [-0.3, -0.25) is 0 Å². The molecule has 0 radical (unpaired) electrons. The molecule has 0 unspecified atom stereocenters. The Hall–Kier alpha value is -7.92. The normalized spacial score (nSPS) is 15.5. The standard InChI is InChI=1S/C69H48F8N3.Ir/c70-66(71)31-33-68(74,75)61-38-52(25-27-59(61)66)63-29-19-44(41-78-63)15-17-46-35-47(18-16-45-20-30-64(79-42-45)53-26-28-60-62(39-53)69(76,77)34-32-67(60,72)73)37-54(36-46)55-13-7-8-14-56(55)58-43-80-65(51-11-5-2-6-12-51)40-57(58)50-23-21-49(22-24-50)48-9-3-1-4-10-48;/h1-11,13-14,19-24,27-30,35-43H,15-18,31-34H2;/q-3;+3. The van der Waals surface area contributed by atoms with E-state index in [0.717, 1.165) is 102 Å². The van der Waals surface area contributed by atoms with E-state index in [-0.39, 0.29) is 31.2 Å². The van der Waals surface area contributed by atoms with Crippen LogP contribution in [0.5, 0.6) is 0 Å². The number of hydrogen-bond donors (Lipinski definition) is 0. The van der Waals surface area contributed by atoms with Gasteiger partial charge >= 0.3 is 20.1 Å². The van der Waals surface area contributed by atoms with Crippen molar-refractivity contribution in [1.29, 1.82) is 0 Å². The summed E-state index contributed by atoms with van der Waals surface area (Å²) in [4.78, 5) is 14.2. The van der Waals surface area contributed by atoms with Gasteiger partial charge in [0.1, 0.15) is 0 Å². The zero-order valence-corrected chi connectivity index (χ0v) is 45.7. The number of nitrogens with zero attached hydrogens (tertiary/aromatic N) is 3. The third-order valence-electron chi connectivity index (χ3n) is 15.4. The first-order valence-electron chi connectivity index (χ1n) is 26.5. The minimum atomic E-state index is -3.39. The molecule has 3 heterocycles. The number of hydrogen-bond acceptors (Lipinski definition) is 3. The van der Waals surface area contributed by atoms with Crippen LogP contribution in [0.4, 0.5) is 35.1 Å². The van der Waals surface area contributed by atoms with Crippen LogP contribution in [0.15, 0.2) is 195 Å². The van der Waals surface area contributed by atoms with Gasteiger partial charge in [-0.1, -0.05) is 150 Å². The molecule has 0 fully saturated rings. The summed E-state index contributed by atoms with van der Waals surface area (Å²) < 4.78 is 118. The second kappa shape index (κ2) is 22.2. The zero-order valence-electron chi connectivity index (χ0n) is 43.3. The Morgan fingerprint density at radius 3 is 1.32 bits per heavy atom. The van der Waals surface area contributed by atoms with E-state index in [4.69, 9.17) is 4.98 Å². The van der Waals surface area contributed by atoms with Gasteiger partial charge in [0.15, 0.2) is 0 Å². The van der Waals surface area contributed by atoms with Gasteiger partial charge in [0, 0.05) is 49.8 Å². The van der Waals surface area contributed by atoms with Crippen LogP contribution < -0.4 is 0 Å². The van der Waals surface area contributed by atoms with Crippen LogP contribution in [0, 0.1) is 18.2 Å². The number of rotatable bonds is 13. The first-order valence-corrected chi connectivity index (χ1v) is 26.5. The van der Waals surface area contributed by atoms with Gasteiger partial charge in [0.2, 0.25) is 11.8 Å². The predicted molar refractivity (Wildman–Crippen MR) is 296 cm³/mol. The average molecular weight is 1260 g/mol. The molecular weight excluding hydrogens is 1210 g/mol. The Balaban J connectivity index is 0.00000690. The summed E-state index contributed by atoms with van der Waals surface area (Å²) in [6.07, 6.45) is 3.85. The third-order valence-corrected chi connectivity index (χ3v) is 15.4. The topological polar surface area (TPSA) is 38.7 Å². The summed E-state index contributed by atoms with van der Waals surface area (Å²) in [5, 5.41) is 0. The van der Waals surface area contributed by atoms with Gasteiger partial charge in [-0.05, 0) is 104 Å². The summed E-state index contributed by atoms with van der Waals surface area (Å²) in [5.74, 6) is -13.5. The molecule has 10 aromatic rings. The van der Waals surface area contributed by atoms with Crippen molar-refractivity contribution in [2.45, 2.75) is 75.1 Å². The van der Waals surface area contributed by atoms with E-state index in [1.807, 2.05) is 72.9 Å². The Bertz CT molecular complexity index is 3740. The van der Waals surface area contributed by atoms with Crippen LogP contribution >= 0.6 is 0 Å². The van der Waals surface area contributed by atoms with E-state index in [2.05, 4.69) is 101 Å². The number of benzene rings is 7. The monoisotopic (exact) mass is 1260 g/mol. The van der Waals surface area contributed by atoms with Crippen molar-refractivity contribution in [2.24, 2.45) is 0 Å². The minimum absolute atomic E-state index is 0. The van der Waals surface area contributed by atoms with Crippen molar-refractivity contribution in [3.8, 4) is 78.3 Å². The van der Waals surface area contributed by atoms with E-state index in [1.165, 1.54) is 0 Å². The molecule has 81 heavy (non-hydrogen) atoms. The van der Waals surface area contributed by atoms with Gasteiger partial charge in [0.05, 0.1) is 0 Å². The van der Waals surface area contributed by atoms with Crippen molar-refractivity contribution < 1.29 is 55.2 Å². The van der Waals surface area contributed by atoms with Gasteiger partial charge in [0.25, 0.3) is 11.8 Å². The number of aromatic nitrogens is 3. The molecule has 12 rings (SSSR count). The maximum absolute atomic E-state index is 14.9. The molecular formula is C69H48F8IrN3. The average Bonchev–Trinajstić information content (AvgIpc) is 3.67. The number of fused-ring (bicyclic) bond motifs is 2. The summed E-state index contributed by atoms with van der Waals surface area (Å²) in [6.45, 7) is 0. The fraction of sp³-hybridized carbons (Fsp3) is 0.174. The molecule has 2 aliphatic carbocycles. The zero-order chi connectivity index (χ0) is 55.2. The molecule has 0 saturated carbocycles. The van der Waals surface area contributed by atoms with Crippen LogP contribution in [0.3, 0.4) is 0 Å². The van der Waals surface area contributed by atoms with Crippen LogP contribution in [0.1, 0.15) is 70.2 Å². The fourth-order valence-corrected chi connectivity index (χ4v) is 11.0. The van der Waals surface area contributed by atoms with Crippen LogP contribution in [0.2, 0.25) is 0 Å². The Labute approximate surface area is 478 Å². The number of alkyl halides is 8. The van der Waals surface area contributed by atoms with Gasteiger partial charge < -0.3 is 15.0 Å². The molecule has 0 amide bonds. The Morgan fingerprint density at radius 1 is 0.333 bits per heavy atom. The SMILES string of the molecule is FC1(F)CCC(F)(F)c2cc(-c3ccc(CCc4cc(CCc5ccc(-c6[c-]cc7c(c6)C(F)(F)CCC7(F)F)nc5)cc(-c5ccccc5-c5cnc(-c6[c-]cccc6)cc5-c5ccc(-c6ccccc6)cc5)c4)cn3)[c-]cc21.[Ir+3]. The summed E-state index contributed by atoms with van der Waals surface area (Å²) in [5.41, 5.74) is 11.8. The van der Waals surface area contributed by atoms with Gasteiger partial charge in [-0.2, -0.15) is 0 Å². The Kier molecular flexibility index (Phi) is 15.1. The quantitative estimate of drug-likeness (QED) is 0.0853. The van der Waals surface area contributed by atoms with E-state index in [9.17, 15) is 35.1 Å². The molecule has 3 nitrogen and oxygen atoms in total. The van der Waals surface area contributed by atoms with Gasteiger partial charge in [-0.25, -0.2) is 35.1 Å². The van der Waals surface area contributed by atoms with Crippen molar-refractivity contribution in [2.75, 3.05) is 0 Å².